The van der Waals surface area contributed by atoms with E-state index >= 15 is 0 Å². The standard InChI is InChI=1S/C20H30O4/c1-7-15(2)18(12-20(5)14-23-19(3,4)24-20)22-13-16-8-10-17(21-6)11-9-16/h7-11,15,18H,1,12-14H2,2-6H3/t15-,18+,20?/m1/s1. The summed E-state index contributed by atoms with van der Waals surface area (Å²) in [4.78, 5) is 0. The summed E-state index contributed by atoms with van der Waals surface area (Å²) in [5, 5.41) is 0. The highest BCUT2D eigenvalue weighted by Gasteiger charge is 2.43. The third-order valence-corrected chi connectivity index (χ3v) is 4.43. The Morgan fingerprint density at radius 1 is 1.25 bits per heavy atom. The highest BCUT2D eigenvalue weighted by Crippen LogP contribution is 2.36. The van der Waals surface area contributed by atoms with E-state index in [2.05, 4.69) is 20.4 Å². The van der Waals surface area contributed by atoms with Gasteiger partial charge in [-0.15, -0.1) is 6.58 Å². The van der Waals surface area contributed by atoms with Gasteiger partial charge in [0.25, 0.3) is 0 Å². The van der Waals surface area contributed by atoms with Crippen molar-refractivity contribution in [2.75, 3.05) is 13.7 Å². The van der Waals surface area contributed by atoms with E-state index in [-0.39, 0.29) is 17.6 Å². The zero-order valence-corrected chi connectivity index (χ0v) is 15.5. The van der Waals surface area contributed by atoms with Crippen molar-refractivity contribution in [1.29, 1.82) is 0 Å². The molecule has 0 aromatic heterocycles. The molecule has 0 N–H and O–H groups in total. The monoisotopic (exact) mass is 334 g/mol. The van der Waals surface area contributed by atoms with Crippen LogP contribution in [0.2, 0.25) is 0 Å². The molecule has 1 fully saturated rings. The van der Waals surface area contributed by atoms with Gasteiger partial charge in [0.05, 0.1) is 32.0 Å². The summed E-state index contributed by atoms with van der Waals surface area (Å²) >= 11 is 0. The van der Waals surface area contributed by atoms with Crippen LogP contribution in [-0.2, 0) is 20.8 Å². The summed E-state index contributed by atoms with van der Waals surface area (Å²) in [6, 6.07) is 7.94. The molecule has 0 aliphatic carbocycles. The zero-order chi connectivity index (χ0) is 17.8. The third-order valence-electron chi connectivity index (χ3n) is 4.43. The van der Waals surface area contributed by atoms with Crippen LogP contribution in [0.3, 0.4) is 0 Å². The second-order valence-corrected chi connectivity index (χ2v) is 7.24. The van der Waals surface area contributed by atoms with Gasteiger partial charge in [-0.05, 0) is 38.5 Å². The fraction of sp³-hybridized carbons (Fsp3) is 0.600. The van der Waals surface area contributed by atoms with Crippen LogP contribution in [0.25, 0.3) is 0 Å². The van der Waals surface area contributed by atoms with Crippen LogP contribution in [0.1, 0.15) is 39.7 Å². The van der Waals surface area contributed by atoms with E-state index in [9.17, 15) is 0 Å². The van der Waals surface area contributed by atoms with Gasteiger partial charge in [-0.1, -0.05) is 25.1 Å². The Balaban J connectivity index is 1.99. The van der Waals surface area contributed by atoms with Crippen LogP contribution >= 0.6 is 0 Å². The first-order valence-corrected chi connectivity index (χ1v) is 8.48. The minimum absolute atomic E-state index is 0.0205. The van der Waals surface area contributed by atoms with Crippen molar-refractivity contribution in [2.45, 2.75) is 58.2 Å². The molecular formula is C20H30O4. The lowest BCUT2D eigenvalue weighted by molar-refractivity contribution is -0.166. The number of methoxy groups -OCH3 is 1. The maximum absolute atomic E-state index is 6.20. The number of rotatable bonds is 8. The van der Waals surface area contributed by atoms with Crippen molar-refractivity contribution in [2.24, 2.45) is 5.92 Å². The van der Waals surface area contributed by atoms with Crippen LogP contribution < -0.4 is 4.74 Å². The lowest BCUT2D eigenvalue weighted by Crippen LogP contribution is -2.37. The molecule has 0 radical (unpaired) electrons. The SMILES string of the molecule is C=C[C@@H](C)[C@H](CC1(C)COC(C)(C)O1)OCc1ccc(OC)cc1. The van der Waals surface area contributed by atoms with Gasteiger partial charge in [0.15, 0.2) is 5.79 Å². The zero-order valence-electron chi connectivity index (χ0n) is 15.5. The lowest BCUT2D eigenvalue weighted by atomic mass is 9.92. The molecule has 1 heterocycles. The van der Waals surface area contributed by atoms with Gasteiger partial charge >= 0.3 is 0 Å². The number of benzene rings is 1. The number of ether oxygens (including phenoxy) is 4. The minimum atomic E-state index is -0.535. The summed E-state index contributed by atoms with van der Waals surface area (Å²) in [5.41, 5.74) is 0.775. The fourth-order valence-corrected chi connectivity index (χ4v) is 2.98. The molecule has 0 bridgehead atoms. The first kappa shape index (κ1) is 19.0. The molecule has 0 amide bonds. The van der Waals surface area contributed by atoms with E-state index in [4.69, 9.17) is 18.9 Å². The van der Waals surface area contributed by atoms with Gasteiger partial charge in [-0.2, -0.15) is 0 Å². The van der Waals surface area contributed by atoms with Crippen LogP contribution in [0.4, 0.5) is 0 Å². The molecule has 4 nitrogen and oxygen atoms in total. The molecule has 1 saturated heterocycles. The molecule has 1 aliphatic heterocycles. The Kier molecular flexibility index (Phi) is 6.07. The highest BCUT2D eigenvalue weighted by atomic mass is 16.8. The maximum Gasteiger partial charge on any atom is 0.163 e. The van der Waals surface area contributed by atoms with Crippen molar-refractivity contribution >= 4 is 0 Å². The van der Waals surface area contributed by atoms with E-state index in [1.807, 2.05) is 44.2 Å². The smallest absolute Gasteiger partial charge is 0.163 e. The van der Waals surface area contributed by atoms with Crippen molar-refractivity contribution in [3.8, 4) is 5.75 Å². The van der Waals surface area contributed by atoms with Gasteiger partial charge in [0, 0.05) is 12.3 Å². The quantitative estimate of drug-likeness (QED) is 0.663. The molecule has 134 valence electrons. The van der Waals surface area contributed by atoms with Crippen molar-refractivity contribution in [3.63, 3.8) is 0 Å². The van der Waals surface area contributed by atoms with Crippen molar-refractivity contribution < 1.29 is 18.9 Å². The first-order chi connectivity index (χ1) is 11.3. The molecule has 1 unspecified atom stereocenters. The minimum Gasteiger partial charge on any atom is -0.497 e. The fourth-order valence-electron chi connectivity index (χ4n) is 2.98. The van der Waals surface area contributed by atoms with Crippen molar-refractivity contribution in [3.05, 3.63) is 42.5 Å². The van der Waals surface area contributed by atoms with E-state index in [1.165, 1.54) is 0 Å². The molecule has 1 aromatic rings. The average molecular weight is 334 g/mol. The molecule has 1 aromatic carbocycles. The van der Waals surface area contributed by atoms with E-state index in [0.29, 0.717) is 13.2 Å². The highest BCUT2D eigenvalue weighted by molar-refractivity contribution is 5.26. The molecule has 1 aliphatic rings. The average Bonchev–Trinajstić information content (AvgIpc) is 2.84. The largest absolute Gasteiger partial charge is 0.497 e. The summed E-state index contributed by atoms with van der Waals surface area (Å²) in [5.74, 6) is 0.542. The lowest BCUT2D eigenvalue weighted by Gasteiger charge is -2.31. The van der Waals surface area contributed by atoms with Gasteiger partial charge in [-0.25, -0.2) is 0 Å². The molecular weight excluding hydrogens is 304 g/mol. The van der Waals surface area contributed by atoms with Crippen LogP contribution in [0, 0.1) is 5.92 Å². The topological polar surface area (TPSA) is 36.9 Å². The Morgan fingerprint density at radius 2 is 1.92 bits per heavy atom. The van der Waals surface area contributed by atoms with Crippen molar-refractivity contribution in [1.82, 2.24) is 0 Å². The Morgan fingerprint density at radius 3 is 2.42 bits per heavy atom. The number of hydrogen-bond donors (Lipinski definition) is 0. The molecule has 2 rings (SSSR count). The second-order valence-electron chi connectivity index (χ2n) is 7.24. The van der Waals surface area contributed by atoms with Crippen LogP contribution in [-0.4, -0.2) is 31.2 Å². The summed E-state index contributed by atoms with van der Waals surface area (Å²) < 4.78 is 23.2. The van der Waals surface area contributed by atoms with Gasteiger partial charge in [0.1, 0.15) is 5.75 Å². The second kappa shape index (κ2) is 7.68. The molecule has 0 saturated carbocycles. The first-order valence-electron chi connectivity index (χ1n) is 8.48. The van der Waals surface area contributed by atoms with E-state index in [1.54, 1.807) is 7.11 Å². The Bertz CT molecular complexity index is 537. The van der Waals surface area contributed by atoms with Crippen LogP contribution in [0.5, 0.6) is 5.75 Å². The Labute approximate surface area is 145 Å². The maximum atomic E-state index is 6.20. The summed E-state index contributed by atoms with van der Waals surface area (Å²) in [6.45, 7) is 13.1. The summed E-state index contributed by atoms with van der Waals surface area (Å²) in [6.07, 6.45) is 2.72. The van der Waals surface area contributed by atoms with Gasteiger partial charge in [0.2, 0.25) is 0 Å². The molecule has 4 heteroatoms. The molecule has 3 atom stereocenters. The third kappa shape index (κ3) is 5.07. The van der Waals surface area contributed by atoms with Crippen LogP contribution in [0.15, 0.2) is 36.9 Å². The predicted molar refractivity (Wildman–Crippen MR) is 95.1 cm³/mol. The van der Waals surface area contributed by atoms with Gasteiger partial charge in [-0.3, -0.25) is 0 Å². The molecule has 0 spiro atoms. The molecule has 24 heavy (non-hydrogen) atoms. The van der Waals surface area contributed by atoms with Gasteiger partial charge < -0.3 is 18.9 Å². The summed E-state index contributed by atoms with van der Waals surface area (Å²) in [7, 11) is 1.67. The van der Waals surface area contributed by atoms with E-state index in [0.717, 1.165) is 17.7 Å². The normalized spacial score (nSPS) is 25.2. The van der Waals surface area contributed by atoms with E-state index < -0.39 is 5.79 Å². The predicted octanol–water partition coefficient (Wildman–Crippen LogP) is 4.33. The Hall–Kier alpha value is -1.36. The number of hydrogen-bond acceptors (Lipinski definition) is 4.